The molecule has 3 rings (SSSR count). The van der Waals surface area contributed by atoms with Gasteiger partial charge in [0.05, 0.1) is 21.7 Å². The lowest BCUT2D eigenvalue weighted by Gasteiger charge is -2.28. The summed E-state index contributed by atoms with van der Waals surface area (Å²) in [5.74, 6) is -1.52. The quantitative estimate of drug-likeness (QED) is 0.356. The van der Waals surface area contributed by atoms with E-state index in [0.717, 1.165) is 18.7 Å². The molecule has 0 aromatic heterocycles. The Morgan fingerprint density at radius 3 is 2.26 bits per heavy atom. The number of halogens is 2. The van der Waals surface area contributed by atoms with Crippen molar-refractivity contribution in [3.05, 3.63) is 74.8 Å². The average Bonchev–Trinajstić information content (AvgIpc) is 3.01. The van der Waals surface area contributed by atoms with Gasteiger partial charge in [0, 0.05) is 18.7 Å². The smallest absolute Gasteiger partial charge is 0.295 e. The molecule has 1 heterocycles. The van der Waals surface area contributed by atoms with Crippen LogP contribution in [0.3, 0.4) is 0 Å². The second kappa shape index (κ2) is 9.86. The number of aliphatic hydroxyl groups is 1. The Kier molecular flexibility index (Phi) is 7.42. The van der Waals surface area contributed by atoms with Crippen molar-refractivity contribution in [3.8, 4) is 0 Å². The van der Waals surface area contributed by atoms with Crippen LogP contribution in [0.2, 0.25) is 10.0 Å². The predicted octanol–water partition coefficient (Wildman–Crippen LogP) is 5.07. The molecule has 0 bridgehead atoms. The third-order valence-corrected chi connectivity index (χ3v) is 6.41. The molecule has 7 heteroatoms. The van der Waals surface area contributed by atoms with Crippen molar-refractivity contribution in [2.24, 2.45) is 0 Å². The van der Waals surface area contributed by atoms with Crippen LogP contribution < -0.4 is 0 Å². The van der Waals surface area contributed by atoms with Crippen LogP contribution in [0, 0.1) is 6.92 Å². The van der Waals surface area contributed by atoms with Crippen molar-refractivity contribution in [3.63, 3.8) is 0 Å². The summed E-state index contributed by atoms with van der Waals surface area (Å²) in [7, 11) is 0. The summed E-state index contributed by atoms with van der Waals surface area (Å²) in [4.78, 5) is 29.7. The summed E-state index contributed by atoms with van der Waals surface area (Å²) in [5.41, 5.74) is 2.20. The van der Waals surface area contributed by atoms with E-state index in [1.54, 1.807) is 30.3 Å². The number of ketones is 1. The highest BCUT2D eigenvalue weighted by atomic mass is 35.5. The molecule has 31 heavy (non-hydrogen) atoms. The summed E-state index contributed by atoms with van der Waals surface area (Å²) >= 11 is 12.3. The summed E-state index contributed by atoms with van der Waals surface area (Å²) in [6.07, 6.45) is 0. The van der Waals surface area contributed by atoms with Gasteiger partial charge in [-0.15, -0.1) is 0 Å². The number of rotatable bonds is 7. The number of aryl methyl sites for hydroxylation is 1. The van der Waals surface area contributed by atoms with Crippen LogP contribution in [0.15, 0.2) is 48.0 Å². The van der Waals surface area contributed by atoms with E-state index < -0.39 is 17.7 Å². The molecule has 0 aliphatic carbocycles. The fourth-order valence-corrected chi connectivity index (χ4v) is 4.10. The van der Waals surface area contributed by atoms with Crippen LogP contribution in [0.1, 0.15) is 36.6 Å². The molecule has 1 aliphatic rings. The molecular formula is C24H26Cl2N2O3. The zero-order chi connectivity index (χ0) is 22.7. The predicted molar refractivity (Wildman–Crippen MR) is 124 cm³/mol. The molecule has 2 aromatic carbocycles. The summed E-state index contributed by atoms with van der Waals surface area (Å²) < 4.78 is 0. The molecule has 0 saturated carbocycles. The first kappa shape index (κ1) is 23.3. The maximum absolute atomic E-state index is 13.0. The molecule has 2 aromatic rings. The first-order chi connectivity index (χ1) is 14.8. The van der Waals surface area contributed by atoms with E-state index in [1.807, 2.05) is 32.9 Å². The van der Waals surface area contributed by atoms with Gasteiger partial charge in [0.25, 0.3) is 11.7 Å². The lowest BCUT2D eigenvalue weighted by molar-refractivity contribution is -0.140. The van der Waals surface area contributed by atoms with Crippen LogP contribution in [0.4, 0.5) is 0 Å². The molecule has 5 nitrogen and oxygen atoms in total. The number of carbonyl (C=O) groups is 2. The Hall–Kier alpha value is -2.34. The summed E-state index contributed by atoms with van der Waals surface area (Å²) in [6.45, 7) is 8.66. The molecule has 1 N–H and O–H groups in total. The number of amides is 1. The highest BCUT2D eigenvalue weighted by Gasteiger charge is 2.46. The molecule has 1 atom stereocenters. The van der Waals surface area contributed by atoms with E-state index in [2.05, 4.69) is 4.90 Å². The van der Waals surface area contributed by atoms with Crippen molar-refractivity contribution in [1.82, 2.24) is 9.80 Å². The molecule has 0 spiro atoms. The molecule has 0 radical (unpaired) electrons. The molecule has 1 aliphatic heterocycles. The van der Waals surface area contributed by atoms with Crippen molar-refractivity contribution < 1.29 is 14.7 Å². The second-order valence-corrected chi connectivity index (χ2v) is 8.37. The fraction of sp³-hybridized carbons (Fsp3) is 0.333. The van der Waals surface area contributed by atoms with Crippen LogP contribution in [-0.4, -0.2) is 52.8 Å². The monoisotopic (exact) mass is 460 g/mol. The molecule has 164 valence electrons. The first-order valence-corrected chi connectivity index (χ1v) is 11.1. The highest BCUT2D eigenvalue weighted by Crippen LogP contribution is 2.40. The lowest BCUT2D eigenvalue weighted by Crippen LogP contribution is -2.38. The minimum absolute atomic E-state index is 0.0618. The average molecular weight is 461 g/mol. The van der Waals surface area contributed by atoms with E-state index in [4.69, 9.17) is 23.2 Å². The maximum atomic E-state index is 13.0. The van der Waals surface area contributed by atoms with Gasteiger partial charge in [-0.25, -0.2) is 0 Å². The number of likely N-dealkylation sites (N-methyl/N-ethyl adjacent to an activating group) is 1. The van der Waals surface area contributed by atoms with E-state index in [1.165, 1.54) is 4.90 Å². The Morgan fingerprint density at radius 1 is 1.03 bits per heavy atom. The van der Waals surface area contributed by atoms with Crippen LogP contribution in [0.5, 0.6) is 0 Å². The third-order valence-electron chi connectivity index (χ3n) is 5.68. The van der Waals surface area contributed by atoms with Gasteiger partial charge in [-0.2, -0.15) is 0 Å². The molecule has 1 saturated heterocycles. The van der Waals surface area contributed by atoms with E-state index in [9.17, 15) is 14.7 Å². The van der Waals surface area contributed by atoms with Gasteiger partial charge in [0.2, 0.25) is 0 Å². The summed E-state index contributed by atoms with van der Waals surface area (Å²) in [6, 6.07) is 11.4. The van der Waals surface area contributed by atoms with E-state index in [-0.39, 0.29) is 11.3 Å². The number of Topliss-reactive ketones (excluding diaryl/α,β-unsaturated/α-hetero) is 1. The Bertz CT molecular complexity index is 1010. The maximum Gasteiger partial charge on any atom is 0.295 e. The van der Waals surface area contributed by atoms with Crippen LogP contribution >= 0.6 is 23.2 Å². The van der Waals surface area contributed by atoms with Gasteiger partial charge in [0.1, 0.15) is 5.76 Å². The third kappa shape index (κ3) is 4.79. The standard InChI is InChI=1S/C24H26Cl2N2O3/c1-4-27(5-2)12-13-28-21(17-10-11-18(25)19(26)14-17)20(23(30)24(28)31)22(29)16-8-6-15(3)7-9-16/h6-11,14,21,29H,4-5,12-13H2,1-3H3/b22-20+. The van der Waals surface area contributed by atoms with Crippen molar-refractivity contribution in [1.29, 1.82) is 0 Å². The normalized spacial score (nSPS) is 18.3. The number of benzene rings is 2. The minimum atomic E-state index is -0.744. The van der Waals surface area contributed by atoms with Crippen LogP contribution in [0.25, 0.3) is 5.76 Å². The Labute approximate surface area is 192 Å². The number of carbonyl (C=O) groups excluding carboxylic acids is 2. The number of hydrogen-bond donors (Lipinski definition) is 1. The van der Waals surface area contributed by atoms with E-state index >= 15 is 0 Å². The SMILES string of the molecule is CCN(CC)CCN1C(=O)C(=O)/C(=C(/O)c2ccc(C)cc2)C1c1ccc(Cl)c(Cl)c1. The minimum Gasteiger partial charge on any atom is -0.507 e. The topological polar surface area (TPSA) is 60.9 Å². The molecular weight excluding hydrogens is 435 g/mol. The van der Waals surface area contributed by atoms with E-state index in [0.29, 0.717) is 34.3 Å². The fourth-order valence-electron chi connectivity index (χ4n) is 3.80. The zero-order valence-corrected chi connectivity index (χ0v) is 19.4. The van der Waals surface area contributed by atoms with Crippen molar-refractivity contribution in [2.45, 2.75) is 26.8 Å². The van der Waals surface area contributed by atoms with Gasteiger partial charge in [0.15, 0.2) is 0 Å². The van der Waals surface area contributed by atoms with Gasteiger partial charge in [-0.1, -0.05) is 72.9 Å². The van der Waals surface area contributed by atoms with Gasteiger partial charge in [-0.05, 0) is 37.7 Å². The Balaban J connectivity index is 2.12. The number of nitrogens with zero attached hydrogens (tertiary/aromatic N) is 2. The Morgan fingerprint density at radius 2 is 1.68 bits per heavy atom. The molecule has 1 amide bonds. The summed E-state index contributed by atoms with van der Waals surface area (Å²) in [5, 5.41) is 11.8. The number of hydrogen-bond acceptors (Lipinski definition) is 4. The molecule has 1 unspecified atom stereocenters. The second-order valence-electron chi connectivity index (χ2n) is 7.56. The molecule has 1 fully saturated rings. The van der Waals surface area contributed by atoms with Gasteiger partial charge >= 0.3 is 0 Å². The number of aliphatic hydroxyl groups excluding tert-OH is 1. The first-order valence-electron chi connectivity index (χ1n) is 10.3. The van der Waals surface area contributed by atoms with Crippen molar-refractivity contribution in [2.75, 3.05) is 26.2 Å². The number of likely N-dealkylation sites (tertiary alicyclic amines) is 1. The highest BCUT2D eigenvalue weighted by molar-refractivity contribution is 6.46. The van der Waals surface area contributed by atoms with Gasteiger partial charge < -0.3 is 14.9 Å². The van der Waals surface area contributed by atoms with Crippen molar-refractivity contribution >= 4 is 40.7 Å². The van der Waals surface area contributed by atoms with Crippen LogP contribution in [-0.2, 0) is 9.59 Å². The largest absolute Gasteiger partial charge is 0.507 e. The lowest BCUT2D eigenvalue weighted by atomic mass is 9.95. The zero-order valence-electron chi connectivity index (χ0n) is 17.9. The van der Waals surface area contributed by atoms with Gasteiger partial charge in [-0.3, -0.25) is 9.59 Å².